The number of aromatic hydroxyl groups is 1. The zero-order valence-corrected chi connectivity index (χ0v) is 26.1. The molecule has 3 aromatic rings. The molecular formula is C35H30ClN3O8. The molecular weight excluding hydrogens is 626 g/mol. The molecule has 2 aliphatic heterocycles. The highest BCUT2D eigenvalue weighted by Crippen LogP contribution is 2.66. The topological polar surface area (TPSA) is 157 Å². The van der Waals surface area contributed by atoms with Gasteiger partial charge in [0.15, 0.2) is 0 Å². The number of imide groups is 4. The lowest BCUT2D eigenvalue weighted by molar-refractivity contribution is -0.136. The summed E-state index contributed by atoms with van der Waals surface area (Å²) < 4.78 is 11.6. The number of hydrogen-bond acceptors (Lipinski definition) is 8. The molecule has 1 saturated carbocycles. The fourth-order valence-electron chi connectivity index (χ4n) is 8.48. The molecule has 47 heavy (non-hydrogen) atoms. The minimum absolute atomic E-state index is 0.0222. The van der Waals surface area contributed by atoms with Crippen LogP contribution in [-0.2, 0) is 24.6 Å². The molecule has 0 aromatic heterocycles. The molecule has 4 aliphatic rings. The fourth-order valence-corrected chi connectivity index (χ4v) is 8.67. The maximum Gasteiger partial charge on any atom is 0.328 e. The number of halogens is 1. The highest BCUT2D eigenvalue weighted by atomic mass is 35.5. The molecule has 3 fully saturated rings. The molecule has 11 nitrogen and oxygen atoms in total. The van der Waals surface area contributed by atoms with E-state index in [2.05, 4.69) is 0 Å². The van der Waals surface area contributed by atoms with E-state index in [9.17, 15) is 24.3 Å². The normalized spacial score (nSPS) is 28.1. The molecule has 0 spiro atoms. The quantitative estimate of drug-likeness (QED) is 0.304. The van der Waals surface area contributed by atoms with Crippen LogP contribution in [-0.4, -0.2) is 53.9 Å². The number of carbonyl (C=O) groups is 5. The summed E-state index contributed by atoms with van der Waals surface area (Å²) in [7, 11) is 2.83. The van der Waals surface area contributed by atoms with Crippen LogP contribution in [0, 0.1) is 23.7 Å². The first-order chi connectivity index (χ1) is 22.6. The number of benzene rings is 3. The number of primary amides is 1. The minimum atomic E-state index is -1.59. The van der Waals surface area contributed by atoms with Crippen LogP contribution in [0.1, 0.15) is 29.9 Å². The van der Waals surface area contributed by atoms with Crippen molar-refractivity contribution in [3.05, 3.63) is 94.5 Å². The van der Waals surface area contributed by atoms with Crippen LogP contribution in [0.4, 0.5) is 10.5 Å². The summed E-state index contributed by atoms with van der Waals surface area (Å²) in [6.07, 6.45) is 1.95. The number of anilines is 1. The second-order valence-electron chi connectivity index (χ2n) is 12.2. The van der Waals surface area contributed by atoms with Crippen molar-refractivity contribution in [2.24, 2.45) is 29.4 Å². The van der Waals surface area contributed by atoms with Gasteiger partial charge in [-0.1, -0.05) is 59.6 Å². The summed E-state index contributed by atoms with van der Waals surface area (Å²) in [5.74, 6) is -6.83. The molecule has 2 aliphatic carbocycles. The Balaban J connectivity index is 1.56. The van der Waals surface area contributed by atoms with E-state index < -0.39 is 64.7 Å². The number of rotatable bonds is 5. The number of nitrogens with zero attached hydrogens (tertiary/aromatic N) is 2. The zero-order chi connectivity index (χ0) is 33.4. The van der Waals surface area contributed by atoms with Crippen LogP contribution in [0.15, 0.2) is 78.4 Å². The van der Waals surface area contributed by atoms with Crippen LogP contribution in [0.5, 0.6) is 17.2 Å². The standard InChI is InChI=1S/C35H30ClN3O8/c1-46-25-14-20(40)15-26(47-2)28(25)29-21-11-12-22-27(32(43)39(30(22)41)34(37)45)23(21)16-24-31(42)38(19-10-6-9-18(36)13-19)33(44)35(24,29)17-7-4-3-5-8-17/h3-11,13-15,22-24,27,29,40H,12,16H2,1-2H3,(H2,37,45)/t22-,23+,24-,27-,29+,35+/m0/s1. The van der Waals surface area contributed by atoms with Gasteiger partial charge in [-0.3, -0.25) is 19.2 Å². The maximum atomic E-state index is 15.3. The second kappa shape index (κ2) is 11.0. The second-order valence-corrected chi connectivity index (χ2v) is 12.6. The fraction of sp³-hybridized carbons (Fsp3) is 0.286. The van der Waals surface area contributed by atoms with Gasteiger partial charge in [0.2, 0.25) is 23.6 Å². The minimum Gasteiger partial charge on any atom is -0.508 e. The van der Waals surface area contributed by atoms with Gasteiger partial charge < -0.3 is 20.3 Å². The molecule has 2 heterocycles. The molecule has 7 rings (SSSR count). The maximum absolute atomic E-state index is 15.3. The Morgan fingerprint density at radius 3 is 2.21 bits per heavy atom. The molecule has 240 valence electrons. The lowest BCUT2D eigenvalue weighted by Crippen LogP contribution is -2.53. The van der Waals surface area contributed by atoms with E-state index in [0.29, 0.717) is 26.6 Å². The molecule has 6 amide bonds. The number of urea groups is 1. The van der Waals surface area contributed by atoms with Crippen LogP contribution in [0.3, 0.4) is 0 Å². The van der Waals surface area contributed by atoms with Crippen LogP contribution in [0.25, 0.3) is 0 Å². The van der Waals surface area contributed by atoms with Crippen molar-refractivity contribution in [1.82, 2.24) is 4.90 Å². The third kappa shape index (κ3) is 4.15. The molecule has 0 unspecified atom stereocenters. The Labute approximate surface area is 274 Å². The number of ether oxygens (including phenoxy) is 2. The summed E-state index contributed by atoms with van der Waals surface area (Å²) >= 11 is 6.34. The first kappa shape index (κ1) is 30.5. The Bertz CT molecular complexity index is 1890. The number of phenolic OH excluding ortho intramolecular Hbond substituents is 1. The zero-order valence-electron chi connectivity index (χ0n) is 25.4. The Morgan fingerprint density at radius 1 is 0.915 bits per heavy atom. The lowest BCUT2D eigenvalue weighted by atomic mass is 9.49. The largest absolute Gasteiger partial charge is 0.508 e. The highest BCUT2D eigenvalue weighted by molar-refractivity contribution is 6.32. The number of allylic oxidation sites excluding steroid dienone is 2. The number of nitrogens with two attached hydrogens (primary N) is 1. The van der Waals surface area contributed by atoms with Gasteiger partial charge in [0, 0.05) is 28.6 Å². The van der Waals surface area contributed by atoms with Gasteiger partial charge in [0.05, 0.1) is 43.1 Å². The summed E-state index contributed by atoms with van der Waals surface area (Å²) in [6, 6.07) is 17.0. The van der Waals surface area contributed by atoms with E-state index in [1.165, 1.54) is 32.4 Å². The third-order valence-corrected chi connectivity index (χ3v) is 10.4. The van der Waals surface area contributed by atoms with Crippen molar-refractivity contribution >= 4 is 46.9 Å². The lowest BCUT2D eigenvalue weighted by Gasteiger charge is -2.51. The summed E-state index contributed by atoms with van der Waals surface area (Å²) in [5, 5.41) is 10.9. The van der Waals surface area contributed by atoms with E-state index in [1.807, 2.05) is 6.08 Å². The molecule has 12 heteroatoms. The Kier molecular flexibility index (Phi) is 7.12. The van der Waals surface area contributed by atoms with Crippen molar-refractivity contribution in [2.75, 3.05) is 19.1 Å². The van der Waals surface area contributed by atoms with E-state index in [-0.39, 0.29) is 35.8 Å². The predicted octanol–water partition coefficient (Wildman–Crippen LogP) is 4.30. The Hall–Kier alpha value is -5.16. The van der Waals surface area contributed by atoms with Crippen LogP contribution in [0.2, 0.25) is 5.02 Å². The van der Waals surface area contributed by atoms with E-state index in [4.69, 9.17) is 26.8 Å². The summed E-state index contributed by atoms with van der Waals surface area (Å²) in [5.41, 5.74) is 5.72. The molecule has 2 saturated heterocycles. The van der Waals surface area contributed by atoms with E-state index in [1.54, 1.807) is 48.5 Å². The molecule has 6 atom stereocenters. The first-order valence-electron chi connectivity index (χ1n) is 15.1. The number of amides is 6. The van der Waals surface area contributed by atoms with Crippen molar-refractivity contribution in [3.63, 3.8) is 0 Å². The number of methoxy groups -OCH3 is 2. The van der Waals surface area contributed by atoms with E-state index >= 15 is 4.79 Å². The third-order valence-electron chi connectivity index (χ3n) is 10.2. The number of fused-ring (bicyclic) bond motifs is 4. The van der Waals surface area contributed by atoms with Crippen molar-refractivity contribution in [2.45, 2.75) is 24.2 Å². The molecule has 3 aromatic carbocycles. The van der Waals surface area contributed by atoms with Gasteiger partial charge >= 0.3 is 6.03 Å². The average Bonchev–Trinajstić information content (AvgIpc) is 3.45. The Morgan fingerprint density at radius 2 is 1.60 bits per heavy atom. The van der Waals surface area contributed by atoms with Crippen LogP contribution >= 0.6 is 11.6 Å². The summed E-state index contributed by atoms with van der Waals surface area (Å²) in [4.78, 5) is 71.1. The van der Waals surface area contributed by atoms with Gasteiger partial charge in [-0.2, -0.15) is 4.90 Å². The SMILES string of the molecule is COc1cc(O)cc(OC)c1[C@H]1C2=CC[C@@H]3C(=O)N(C(N)=O)C(=O)[C@@H]3[C@@H]2C[C@H]2C(=O)N(c3cccc(Cl)c3)C(=O)[C@@]12c1ccccc1. The van der Waals surface area contributed by atoms with Crippen LogP contribution < -0.4 is 20.1 Å². The van der Waals surface area contributed by atoms with Gasteiger partial charge in [0.1, 0.15) is 17.2 Å². The summed E-state index contributed by atoms with van der Waals surface area (Å²) in [6.45, 7) is 0. The van der Waals surface area contributed by atoms with Gasteiger partial charge in [0.25, 0.3) is 0 Å². The molecule has 0 bridgehead atoms. The number of likely N-dealkylation sites (tertiary alicyclic amines) is 1. The highest BCUT2D eigenvalue weighted by Gasteiger charge is 2.71. The number of phenols is 1. The van der Waals surface area contributed by atoms with Gasteiger partial charge in [-0.25, -0.2) is 9.69 Å². The first-order valence-corrected chi connectivity index (χ1v) is 15.5. The van der Waals surface area contributed by atoms with E-state index in [0.717, 1.165) is 4.90 Å². The van der Waals surface area contributed by atoms with Crippen molar-refractivity contribution in [1.29, 1.82) is 0 Å². The van der Waals surface area contributed by atoms with Gasteiger partial charge in [-0.05, 0) is 42.5 Å². The molecule has 3 N–H and O–H groups in total. The van der Waals surface area contributed by atoms with Gasteiger partial charge in [-0.15, -0.1) is 0 Å². The number of carbonyl (C=O) groups excluding carboxylic acids is 5. The predicted molar refractivity (Wildman–Crippen MR) is 169 cm³/mol. The van der Waals surface area contributed by atoms with Crippen molar-refractivity contribution in [3.8, 4) is 17.2 Å². The monoisotopic (exact) mass is 655 g/mol. The smallest absolute Gasteiger partial charge is 0.328 e. The average molecular weight is 656 g/mol. The number of hydrogen-bond donors (Lipinski definition) is 2. The molecule has 0 radical (unpaired) electrons. The van der Waals surface area contributed by atoms with Crippen molar-refractivity contribution < 1.29 is 38.6 Å².